The van der Waals surface area contributed by atoms with E-state index in [1.54, 1.807) is 0 Å². The smallest absolute Gasteiger partial charge is 0.00232 e. The van der Waals surface area contributed by atoms with Gasteiger partial charge in [-0.2, -0.15) is 0 Å². The number of nitrogens with two attached hydrogens (primary N) is 1. The first kappa shape index (κ1) is 19.0. The lowest BCUT2D eigenvalue weighted by Gasteiger charge is -2.27. The van der Waals surface area contributed by atoms with Gasteiger partial charge in [0.05, 0.1) is 0 Å². The summed E-state index contributed by atoms with van der Waals surface area (Å²) in [5.74, 6) is 0. The highest BCUT2D eigenvalue weighted by atomic mass is 14.6. The van der Waals surface area contributed by atoms with Crippen molar-refractivity contribution in [2.75, 3.05) is 6.54 Å². The first-order chi connectivity index (χ1) is 9.18. The minimum Gasteiger partial charge on any atom is -0.330 e. The number of hydrogen-bond donors (Lipinski definition) is 1. The normalized spacial score (nSPS) is 14.5. The molecule has 0 aromatic rings. The summed E-state index contributed by atoms with van der Waals surface area (Å²) in [7, 11) is 0. The molecule has 0 saturated carbocycles. The highest BCUT2D eigenvalue weighted by Gasteiger charge is 2.20. The molecule has 0 aliphatic rings. The number of hydrogen-bond acceptors (Lipinski definition) is 1. The Labute approximate surface area is 122 Å². The molecular formula is C18H39N. The molecule has 0 fully saturated rings. The van der Waals surface area contributed by atoms with E-state index in [4.69, 9.17) is 5.73 Å². The van der Waals surface area contributed by atoms with Gasteiger partial charge < -0.3 is 5.73 Å². The van der Waals surface area contributed by atoms with Crippen LogP contribution in [0.15, 0.2) is 0 Å². The fraction of sp³-hybridized carbons (Fsp3) is 1.00. The van der Waals surface area contributed by atoms with E-state index in [1.165, 1.54) is 83.5 Å². The summed E-state index contributed by atoms with van der Waals surface area (Å²) in [4.78, 5) is 0. The Kier molecular flexibility index (Phi) is 12.9. The van der Waals surface area contributed by atoms with Crippen LogP contribution in [0.1, 0.15) is 104 Å². The van der Waals surface area contributed by atoms with Crippen LogP contribution in [0.4, 0.5) is 0 Å². The molecule has 0 bridgehead atoms. The van der Waals surface area contributed by atoms with E-state index in [-0.39, 0.29) is 0 Å². The van der Waals surface area contributed by atoms with Crippen LogP contribution in [0, 0.1) is 5.41 Å². The largest absolute Gasteiger partial charge is 0.330 e. The van der Waals surface area contributed by atoms with E-state index in [0.29, 0.717) is 5.41 Å². The first-order valence-electron chi connectivity index (χ1n) is 8.88. The Balaban J connectivity index is 3.30. The molecule has 116 valence electrons. The maximum atomic E-state index is 5.91. The summed E-state index contributed by atoms with van der Waals surface area (Å²) in [6, 6.07) is 0. The Hall–Kier alpha value is -0.0400. The molecule has 0 saturated heterocycles. The van der Waals surface area contributed by atoms with Gasteiger partial charge in [-0.3, -0.25) is 0 Å². The van der Waals surface area contributed by atoms with Crippen molar-refractivity contribution in [1.82, 2.24) is 0 Å². The van der Waals surface area contributed by atoms with Crippen molar-refractivity contribution in [2.45, 2.75) is 104 Å². The molecule has 0 amide bonds. The maximum Gasteiger partial charge on any atom is -0.00232 e. The zero-order chi connectivity index (χ0) is 14.4. The van der Waals surface area contributed by atoms with E-state index in [9.17, 15) is 0 Å². The van der Waals surface area contributed by atoms with Crippen LogP contribution >= 0.6 is 0 Å². The molecule has 0 spiro atoms. The van der Waals surface area contributed by atoms with Crippen molar-refractivity contribution in [3.05, 3.63) is 0 Å². The van der Waals surface area contributed by atoms with Crippen molar-refractivity contribution in [3.8, 4) is 0 Å². The summed E-state index contributed by atoms with van der Waals surface area (Å²) >= 11 is 0. The van der Waals surface area contributed by atoms with Crippen molar-refractivity contribution in [2.24, 2.45) is 11.1 Å². The van der Waals surface area contributed by atoms with Gasteiger partial charge in [0.15, 0.2) is 0 Å². The predicted octanol–water partition coefficient (Wildman–Crippen LogP) is 6.06. The molecule has 0 aliphatic carbocycles. The van der Waals surface area contributed by atoms with Crippen LogP contribution < -0.4 is 5.73 Å². The van der Waals surface area contributed by atoms with Crippen LogP contribution in [-0.4, -0.2) is 6.54 Å². The summed E-state index contributed by atoms with van der Waals surface area (Å²) < 4.78 is 0. The molecule has 1 unspecified atom stereocenters. The molecular weight excluding hydrogens is 230 g/mol. The second-order valence-corrected chi connectivity index (χ2v) is 6.70. The molecule has 1 atom stereocenters. The van der Waals surface area contributed by atoms with Gasteiger partial charge in [0.1, 0.15) is 0 Å². The van der Waals surface area contributed by atoms with Gasteiger partial charge in [-0.05, 0) is 24.8 Å². The fourth-order valence-electron chi connectivity index (χ4n) is 2.97. The first-order valence-corrected chi connectivity index (χ1v) is 8.88. The van der Waals surface area contributed by atoms with Gasteiger partial charge >= 0.3 is 0 Å². The molecule has 0 radical (unpaired) electrons. The molecule has 0 aliphatic heterocycles. The van der Waals surface area contributed by atoms with Crippen molar-refractivity contribution in [1.29, 1.82) is 0 Å². The predicted molar refractivity (Wildman–Crippen MR) is 88.5 cm³/mol. The third kappa shape index (κ3) is 11.5. The van der Waals surface area contributed by atoms with Crippen LogP contribution in [-0.2, 0) is 0 Å². The van der Waals surface area contributed by atoms with Crippen molar-refractivity contribution >= 4 is 0 Å². The topological polar surface area (TPSA) is 26.0 Å². The van der Waals surface area contributed by atoms with Gasteiger partial charge in [0, 0.05) is 0 Å². The molecule has 0 aromatic carbocycles. The molecule has 2 N–H and O–H groups in total. The summed E-state index contributed by atoms with van der Waals surface area (Å²) in [6.45, 7) is 7.78. The summed E-state index contributed by atoms with van der Waals surface area (Å²) in [5.41, 5.74) is 6.33. The number of unbranched alkanes of at least 4 members (excludes halogenated alkanes) is 9. The Bertz CT molecular complexity index is 179. The van der Waals surface area contributed by atoms with Gasteiger partial charge in [0.25, 0.3) is 0 Å². The average Bonchev–Trinajstić information content (AvgIpc) is 2.41. The Morgan fingerprint density at radius 2 is 1.11 bits per heavy atom. The monoisotopic (exact) mass is 269 g/mol. The highest BCUT2D eigenvalue weighted by Crippen LogP contribution is 2.28. The highest BCUT2D eigenvalue weighted by molar-refractivity contribution is 4.74. The lowest BCUT2D eigenvalue weighted by molar-refractivity contribution is 0.269. The second kappa shape index (κ2) is 13.0. The molecule has 19 heavy (non-hydrogen) atoms. The molecule has 0 heterocycles. The maximum absolute atomic E-state index is 5.91. The van der Waals surface area contributed by atoms with Gasteiger partial charge in [-0.15, -0.1) is 0 Å². The SMILES string of the molecule is CCCCCCCCCCCCC(C)(CN)CCC. The third-order valence-corrected chi connectivity index (χ3v) is 4.48. The van der Waals surface area contributed by atoms with E-state index >= 15 is 0 Å². The van der Waals surface area contributed by atoms with Gasteiger partial charge in [0.2, 0.25) is 0 Å². The quantitative estimate of drug-likeness (QED) is 0.381. The van der Waals surface area contributed by atoms with Gasteiger partial charge in [-0.25, -0.2) is 0 Å². The van der Waals surface area contributed by atoms with Crippen LogP contribution in [0.2, 0.25) is 0 Å². The van der Waals surface area contributed by atoms with E-state index in [1.807, 2.05) is 0 Å². The molecule has 1 heteroatoms. The van der Waals surface area contributed by atoms with Crippen molar-refractivity contribution in [3.63, 3.8) is 0 Å². The van der Waals surface area contributed by atoms with Crippen LogP contribution in [0.5, 0.6) is 0 Å². The Morgan fingerprint density at radius 1 is 0.632 bits per heavy atom. The van der Waals surface area contributed by atoms with Gasteiger partial charge in [-0.1, -0.05) is 91.4 Å². The lowest BCUT2D eigenvalue weighted by atomic mass is 9.80. The molecule has 0 aromatic heterocycles. The summed E-state index contributed by atoms with van der Waals surface area (Å²) in [6.07, 6.45) is 18.1. The van der Waals surface area contributed by atoms with Crippen molar-refractivity contribution < 1.29 is 0 Å². The Morgan fingerprint density at radius 3 is 1.53 bits per heavy atom. The summed E-state index contributed by atoms with van der Waals surface area (Å²) in [5, 5.41) is 0. The van der Waals surface area contributed by atoms with E-state index in [2.05, 4.69) is 20.8 Å². The lowest BCUT2D eigenvalue weighted by Crippen LogP contribution is -2.26. The fourth-order valence-corrected chi connectivity index (χ4v) is 2.97. The molecule has 1 nitrogen and oxygen atoms in total. The standard InChI is InChI=1S/C18H39N/c1-4-6-7-8-9-10-11-12-13-14-16-18(3,17-19)15-5-2/h4-17,19H2,1-3H3. The number of rotatable bonds is 14. The second-order valence-electron chi connectivity index (χ2n) is 6.70. The zero-order valence-electron chi connectivity index (χ0n) is 14.0. The van der Waals surface area contributed by atoms with E-state index in [0.717, 1.165) is 6.54 Å². The van der Waals surface area contributed by atoms with E-state index < -0.39 is 0 Å². The zero-order valence-corrected chi connectivity index (χ0v) is 14.0. The minimum atomic E-state index is 0.412. The minimum absolute atomic E-state index is 0.412. The third-order valence-electron chi connectivity index (χ3n) is 4.48. The van der Waals surface area contributed by atoms with Crippen LogP contribution in [0.3, 0.4) is 0 Å². The van der Waals surface area contributed by atoms with Crippen LogP contribution in [0.25, 0.3) is 0 Å². The molecule has 0 rings (SSSR count). The average molecular weight is 270 g/mol.